The first kappa shape index (κ1) is 11.1. The molecule has 0 aromatic carbocycles. The second-order valence-electron chi connectivity index (χ2n) is 3.81. The Labute approximate surface area is 86.4 Å². The molecule has 1 saturated heterocycles. The molecule has 0 radical (unpaired) electrons. The summed E-state index contributed by atoms with van der Waals surface area (Å²) >= 11 is 2.08. The number of allylic oxidation sites excluding steroid dienone is 1. The van der Waals surface area contributed by atoms with E-state index < -0.39 is 0 Å². The lowest BCUT2D eigenvalue weighted by molar-refractivity contribution is 0.621. The fourth-order valence-corrected chi connectivity index (χ4v) is 2.87. The third-order valence-electron chi connectivity index (χ3n) is 2.66. The second kappa shape index (κ2) is 5.71. The van der Waals surface area contributed by atoms with Crippen LogP contribution in [0, 0.1) is 5.92 Å². The Balaban J connectivity index is 2.39. The van der Waals surface area contributed by atoms with Crippen LogP contribution in [0.3, 0.4) is 0 Å². The van der Waals surface area contributed by atoms with E-state index in [0.29, 0.717) is 6.04 Å². The third-order valence-corrected chi connectivity index (χ3v) is 3.85. The lowest BCUT2D eigenvalue weighted by Gasteiger charge is -2.14. The van der Waals surface area contributed by atoms with Crippen LogP contribution in [0.25, 0.3) is 0 Å². The number of hydrogen-bond acceptors (Lipinski definition) is 2. The maximum atomic E-state index is 3.44. The smallest absolute Gasteiger partial charge is 0.0248 e. The van der Waals surface area contributed by atoms with Gasteiger partial charge in [-0.05, 0) is 44.2 Å². The van der Waals surface area contributed by atoms with Gasteiger partial charge in [-0.15, -0.1) is 0 Å². The molecule has 0 aromatic rings. The van der Waals surface area contributed by atoms with E-state index in [1.807, 2.05) is 0 Å². The van der Waals surface area contributed by atoms with Gasteiger partial charge < -0.3 is 5.32 Å². The first-order valence-corrected chi connectivity index (χ1v) is 6.39. The lowest BCUT2D eigenvalue weighted by atomic mass is 10.0. The molecule has 1 N–H and O–H groups in total. The predicted octanol–water partition coefficient (Wildman–Crippen LogP) is 2.68. The van der Waals surface area contributed by atoms with Crippen molar-refractivity contribution in [3.63, 3.8) is 0 Å². The van der Waals surface area contributed by atoms with Crippen LogP contribution in [-0.4, -0.2) is 24.1 Å². The highest BCUT2D eigenvalue weighted by molar-refractivity contribution is 7.99. The van der Waals surface area contributed by atoms with Gasteiger partial charge in [-0.3, -0.25) is 0 Å². The molecule has 1 heterocycles. The molecular weight excluding hydrogens is 178 g/mol. The molecule has 0 saturated carbocycles. The fourth-order valence-electron chi connectivity index (χ4n) is 1.67. The van der Waals surface area contributed by atoms with Crippen LogP contribution < -0.4 is 5.32 Å². The Bertz CT molecular complexity index is 171. The van der Waals surface area contributed by atoms with Crippen molar-refractivity contribution >= 4 is 11.8 Å². The molecule has 2 atom stereocenters. The SMILES string of the molecule is CCNC(C)C(C)=CC1CCSC1. The number of rotatable bonds is 4. The molecule has 0 aliphatic carbocycles. The largest absolute Gasteiger partial charge is 0.311 e. The van der Waals surface area contributed by atoms with Crippen LogP contribution >= 0.6 is 11.8 Å². The summed E-state index contributed by atoms with van der Waals surface area (Å²) in [6.07, 6.45) is 3.84. The average Bonchev–Trinajstić information content (AvgIpc) is 2.57. The minimum Gasteiger partial charge on any atom is -0.311 e. The molecule has 1 rings (SSSR count). The normalized spacial score (nSPS) is 26.4. The third kappa shape index (κ3) is 3.74. The monoisotopic (exact) mass is 199 g/mol. The zero-order valence-corrected chi connectivity index (χ0v) is 9.79. The van der Waals surface area contributed by atoms with Gasteiger partial charge in [-0.25, -0.2) is 0 Å². The van der Waals surface area contributed by atoms with Gasteiger partial charge in [0, 0.05) is 6.04 Å². The van der Waals surface area contributed by atoms with E-state index in [9.17, 15) is 0 Å². The Morgan fingerprint density at radius 2 is 2.46 bits per heavy atom. The summed E-state index contributed by atoms with van der Waals surface area (Å²) in [5, 5.41) is 3.44. The van der Waals surface area contributed by atoms with Crippen molar-refractivity contribution in [1.29, 1.82) is 0 Å². The Morgan fingerprint density at radius 3 is 3.00 bits per heavy atom. The molecule has 0 spiro atoms. The second-order valence-corrected chi connectivity index (χ2v) is 4.96. The lowest BCUT2D eigenvalue weighted by Crippen LogP contribution is -2.26. The first-order valence-electron chi connectivity index (χ1n) is 5.23. The van der Waals surface area contributed by atoms with Crippen molar-refractivity contribution in [2.75, 3.05) is 18.1 Å². The molecule has 2 unspecified atom stereocenters. The highest BCUT2D eigenvalue weighted by atomic mass is 32.2. The van der Waals surface area contributed by atoms with Crippen molar-refractivity contribution in [3.05, 3.63) is 11.6 Å². The molecule has 0 bridgehead atoms. The van der Waals surface area contributed by atoms with Gasteiger partial charge in [0.2, 0.25) is 0 Å². The van der Waals surface area contributed by atoms with Gasteiger partial charge in [-0.2, -0.15) is 11.8 Å². The van der Waals surface area contributed by atoms with Crippen molar-refractivity contribution < 1.29 is 0 Å². The van der Waals surface area contributed by atoms with E-state index >= 15 is 0 Å². The fraction of sp³-hybridized carbons (Fsp3) is 0.818. The summed E-state index contributed by atoms with van der Waals surface area (Å²) in [4.78, 5) is 0. The van der Waals surface area contributed by atoms with Gasteiger partial charge in [0.25, 0.3) is 0 Å². The molecule has 76 valence electrons. The number of likely N-dealkylation sites (N-methyl/N-ethyl adjacent to an activating group) is 1. The van der Waals surface area contributed by atoms with Gasteiger partial charge in [0.1, 0.15) is 0 Å². The van der Waals surface area contributed by atoms with Crippen molar-refractivity contribution in [1.82, 2.24) is 5.32 Å². The Hall–Kier alpha value is 0.0500. The van der Waals surface area contributed by atoms with Crippen molar-refractivity contribution in [2.45, 2.75) is 33.2 Å². The van der Waals surface area contributed by atoms with E-state index in [2.05, 4.69) is 43.9 Å². The van der Waals surface area contributed by atoms with E-state index in [1.165, 1.54) is 23.5 Å². The molecule has 0 aromatic heterocycles. The highest BCUT2D eigenvalue weighted by Gasteiger charge is 2.13. The quantitative estimate of drug-likeness (QED) is 0.699. The maximum Gasteiger partial charge on any atom is 0.0248 e. The molecule has 0 amide bonds. The van der Waals surface area contributed by atoms with Crippen LogP contribution in [-0.2, 0) is 0 Å². The number of nitrogens with one attached hydrogen (secondary N) is 1. The van der Waals surface area contributed by atoms with E-state index in [0.717, 1.165) is 12.5 Å². The Morgan fingerprint density at radius 1 is 1.69 bits per heavy atom. The van der Waals surface area contributed by atoms with Crippen molar-refractivity contribution in [2.24, 2.45) is 5.92 Å². The van der Waals surface area contributed by atoms with Gasteiger partial charge in [0.05, 0.1) is 0 Å². The Kier molecular flexibility index (Phi) is 4.89. The van der Waals surface area contributed by atoms with Crippen LogP contribution in [0.2, 0.25) is 0 Å². The predicted molar refractivity (Wildman–Crippen MR) is 62.3 cm³/mol. The molecule has 1 fully saturated rings. The first-order chi connectivity index (χ1) is 6.24. The van der Waals surface area contributed by atoms with E-state index in [1.54, 1.807) is 0 Å². The number of hydrogen-bond donors (Lipinski definition) is 1. The van der Waals surface area contributed by atoms with Crippen molar-refractivity contribution in [3.8, 4) is 0 Å². The number of thioether (sulfide) groups is 1. The summed E-state index contributed by atoms with van der Waals surface area (Å²) in [5.41, 5.74) is 1.51. The van der Waals surface area contributed by atoms with Gasteiger partial charge in [-0.1, -0.05) is 18.6 Å². The zero-order chi connectivity index (χ0) is 9.68. The minimum atomic E-state index is 0.551. The van der Waals surface area contributed by atoms with Gasteiger partial charge >= 0.3 is 0 Å². The summed E-state index contributed by atoms with van der Waals surface area (Å²) < 4.78 is 0. The molecule has 1 aliphatic heterocycles. The summed E-state index contributed by atoms with van der Waals surface area (Å²) in [6, 6.07) is 0.551. The topological polar surface area (TPSA) is 12.0 Å². The minimum absolute atomic E-state index is 0.551. The summed E-state index contributed by atoms with van der Waals surface area (Å²) in [7, 11) is 0. The molecule has 1 nitrogen and oxygen atoms in total. The summed E-state index contributed by atoms with van der Waals surface area (Å²) in [5.74, 6) is 3.52. The highest BCUT2D eigenvalue weighted by Crippen LogP contribution is 2.25. The zero-order valence-electron chi connectivity index (χ0n) is 8.97. The van der Waals surface area contributed by atoms with Crippen LogP contribution in [0.15, 0.2) is 11.6 Å². The van der Waals surface area contributed by atoms with Crippen LogP contribution in [0.5, 0.6) is 0 Å². The average molecular weight is 199 g/mol. The van der Waals surface area contributed by atoms with Gasteiger partial charge in [0.15, 0.2) is 0 Å². The van der Waals surface area contributed by atoms with E-state index in [4.69, 9.17) is 0 Å². The standard InChI is InChI=1S/C11H21NS/c1-4-12-10(3)9(2)7-11-5-6-13-8-11/h7,10-12H,4-6,8H2,1-3H3. The summed E-state index contributed by atoms with van der Waals surface area (Å²) in [6.45, 7) is 7.72. The molecular formula is C11H21NS. The molecule has 13 heavy (non-hydrogen) atoms. The maximum absolute atomic E-state index is 3.44. The molecule has 2 heteroatoms. The van der Waals surface area contributed by atoms with Crippen LogP contribution in [0.4, 0.5) is 0 Å². The van der Waals surface area contributed by atoms with Crippen LogP contribution in [0.1, 0.15) is 27.2 Å². The molecule has 1 aliphatic rings. The van der Waals surface area contributed by atoms with E-state index in [-0.39, 0.29) is 0 Å².